The lowest BCUT2D eigenvalue weighted by Gasteiger charge is -2.06. The third-order valence-electron chi connectivity index (χ3n) is 1.20. The maximum Gasteiger partial charge on any atom is 0.205 e. The first-order valence-electron chi connectivity index (χ1n) is 2.60. The summed E-state index contributed by atoms with van der Waals surface area (Å²) >= 11 is 0. The van der Waals surface area contributed by atoms with E-state index in [1.54, 1.807) is 0 Å². The molecule has 0 bridgehead atoms. The maximum atomic E-state index is 5.20. The number of hydrogen-bond donors (Lipinski definition) is 1. The second-order valence-corrected chi connectivity index (χ2v) is 1.77. The lowest BCUT2D eigenvalue weighted by atomic mass is 10.6. The Hall–Kier alpha value is -0.860. The Morgan fingerprint density at radius 1 is 1.88 bits per heavy atom. The van der Waals surface area contributed by atoms with Crippen molar-refractivity contribution in [3.05, 3.63) is 12.1 Å². The summed E-state index contributed by atoms with van der Waals surface area (Å²) in [7, 11) is 1.95. The Morgan fingerprint density at radius 3 is 2.88 bits per heavy atom. The SMILES string of the molecule is CN1CCO/C1=C/N. The van der Waals surface area contributed by atoms with Crippen molar-refractivity contribution in [2.24, 2.45) is 5.73 Å². The lowest BCUT2D eigenvalue weighted by molar-refractivity contribution is 0.243. The molecule has 2 N–H and O–H groups in total. The van der Waals surface area contributed by atoms with E-state index < -0.39 is 0 Å². The molecule has 8 heavy (non-hydrogen) atoms. The topological polar surface area (TPSA) is 38.5 Å². The van der Waals surface area contributed by atoms with Crippen molar-refractivity contribution in [3.8, 4) is 0 Å². The molecule has 0 radical (unpaired) electrons. The van der Waals surface area contributed by atoms with Crippen molar-refractivity contribution in [3.63, 3.8) is 0 Å². The molecule has 0 saturated carbocycles. The van der Waals surface area contributed by atoms with E-state index >= 15 is 0 Å². The van der Waals surface area contributed by atoms with Crippen LogP contribution in [0, 0.1) is 0 Å². The lowest BCUT2D eigenvalue weighted by Crippen LogP contribution is -2.11. The number of rotatable bonds is 0. The molecule has 0 amide bonds. The van der Waals surface area contributed by atoms with Crippen molar-refractivity contribution < 1.29 is 4.74 Å². The fourth-order valence-electron chi connectivity index (χ4n) is 0.683. The highest BCUT2D eigenvalue weighted by molar-refractivity contribution is 4.91. The van der Waals surface area contributed by atoms with Gasteiger partial charge in [0.15, 0.2) is 0 Å². The molecule has 0 aliphatic carbocycles. The number of likely N-dealkylation sites (N-methyl/N-ethyl adjacent to an activating group) is 1. The van der Waals surface area contributed by atoms with Crippen LogP contribution >= 0.6 is 0 Å². The van der Waals surface area contributed by atoms with Gasteiger partial charge in [0.25, 0.3) is 0 Å². The van der Waals surface area contributed by atoms with E-state index in [9.17, 15) is 0 Å². The van der Waals surface area contributed by atoms with Gasteiger partial charge in [-0.3, -0.25) is 0 Å². The van der Waals surface area contributed by atoms with Crippen LogP contribution in [0.4, 0.5) is 0 Å². The van der Waals surface area contributed by atoms with Crippen LogP contribution in [0.15, 0.2) is 12.1 Å². The molecule has 1 saturated heterocycles. The number of nitrogens with two attached hydrogens (primary N) is 1. The molecule has 1 rings (SSSR count). The molecule has 0 aromatic heterocycles. The van der Waals surface area contributed by atoms with Gasteiger partial charge < -0.3 is 15.4 Å². The largest absolute Gasteiger partial charge is 0.476 e. The van der Waals surface area contributed by atoms with Crippen LogP contribution in [0.2, 0.25) is 0 Å². The minimum atomic E-state index is 0.763. The van der Waals surface area contributed by atoms with Crippen molar-refractivity contribution in [2.75, 3.05) is 20.2 Å². The van der Waals surface area contributed by atoms with Crippen LogP contribution in [0.5, 0.6) is 0 Å². The first kappa shape index (κ1) is 5.28. The van der Waals surface area contributed by atoms with Gasteiger partial charge in [-0.15, -0.1) is 0 Å². The Morgan fingerprint density at radius 2 is 2.62 bits per heavy atom. The fourth-order valence-corrected chi connectivity index (χ4v) is 0.683. The minimum Gasteiger partial charge on any atom is -0.476 e. The minimum absolute atomic E-state index is 0.763. The quantitative estimate of drug-likeness (QED) is 0.470. The first-order chi connectivity index (χ1) is 3.84. The molecule has 1 fully saturated rings. The Kier molecular flexibility index (Phi) is 1.28. The highest BCUT2D eigenvalue weighted by atomic mass is 16.5. The molecule has 3 nitrogen and oxygen atoms in total. The van der Waals surface area contributed by atoms with E-state index in [0.717, 1.165) is 19.0 Å². The Labute approximate surface area is 48.7 Å². The van der Waals surface area contributed by atoms with Gasteiger partial charge >= 0.3 is 0 Å². The van der Waals surface area contributed by atoms with Crippen molar-refractivity contribution in [1.82, 2.24) is 4.90 Å². The molecule has 46 valence electrons. The highest BCUT2D eigenvalue weighted by Crippen LogP contribution is 2.07. The van der Waals surface area contributed by atoms with Crippen LogP contribution in [-0.2, 0) is 4.74 Å². The van der Waals surface area contributed by atoms with Crippen LogP contribution in [0.3, 0.4) is 0 Å². The highest BCUT2D eigenvalue weighted by Gasteiger charge is 2.11. The van der Waals surface area contributed by atoms with E-state index in [1.807, 2.05) is 11.9 Å². The molecule has 0 aromatic carbocycles. The zero-order chi connectivity index (χ0) is 5.98. The van der Waals surface area contributed by atoms with E-state index in [1.165, 1.54) is 6.20 Å². The van der Waals surface area contributed by atoms with Gasteiger partial charge in [0, 0.05) is 7.05 Å². The summed E-state index contributed by atoms with van der Waals surface area (Å²) < 4.78 is 5.08. The predicted molar refractivity (Wildman–Crippen MR) is 30.9 cm³/mol. The normalized spacial score (nSPS) is 24.1. The van der Waals surface area contributed by atoms with Gasteiger partial charge in [0.1, 0.15) is 6.61 Å². The van der Waals surface area contributed by atoms with Crippen LogP contribution in [0.1, 0.15) is 0 Å². The van der Waals surface area contributed by atoms with E-state index in [-0.39, 0.29) is 0 Å². The number of ether oxygens (including phenoxy) is 1. The smallest absolute Gasteiger partial charge is 0.205 e. The summed E-state index contributed by atoms with van der Waals surface area (Å²) in [6, 6.07) is 0. The Balaban J connectivity index is 2.55. The number of nitrogens with zero attached hydrogens (tertiary/aromatic N) is 1. The van der Waals surface area contributed by atoms with Gasteiger partial charge in [-0.05, 0) is 0 Å². The summed E-state index contributed by atoms with van der Waals surface area (Å²) in [6.07, 6.45) is 1.48. The van der Waals surface area contributed by atoms with Gasteiger partial charge in [-0.1, -0.05) is 0 Å². The van der Waals surface area contributed by atoms with E-state index in [0.29, 0.717) is 0 Å². The molecule has 1 heterocycles. The first-order valence-corrected chi connectivity index (χ1v) is 2.60. The zero-order valence-corrected chi connectivity index (χ0v) is 4.92. The molecular weight excluding hydrogens is 104 g/mol. The zero-order valence-electron chi connectivity index (χ0n) is 4.92. The summed E-state index contributed by atoms with van der Waals surface area (Å²) in [5.74, 6) is 0.782. The molecule has 1 aliphatic rings. The molecule has 0 atom stereocenters. The molecular formula is C5H10N2O. The van der Waals surface area contributed by atoms with Crippen molar-refractivity contribution in [2.45, 2.75) is 0 Å². The van der Waals surface area contributed by atoms with E-state index in [2.05, 4.69) is 0 Å². The van der Waals surface area contributed by atoms with Gasteiger partial charge in [0.2, 0.25) is 5.88 Å². The van der Waals surface area contributed by atoms with Crippen LogP contribution in [0.25, 0.3) is 0 Å². The third kappa shape index (κ3) is 0.710. The predicted octanol–water partition coefficient (Wildman–Crippen LogP) is -0.294. The standard InChI is InChI=1S/C5H10N2O/c1-7-2-3-8-5(7)4-6/h4H,2-3,6H2,1H3/b5-4+. The van der Waals surface area contributed by atoms with Gasteiger partial charge in [-0.2, -0.15) is 0 Å². The van der Waals surface area contributed by atoms with E-state index in [4.69, 9.17) is 10.5 Å². The fraction of sp³-hybridized carbons (Fsp3) is 0.600. The molecule has 1 aliphatic heterocycles. The maximum absolute atomic E-state index is 5.20. The van der Waals surface area contributed by atoms with Crippen molar-refractivity contribution in [1.29, 1.82) is 0 Å². The van der Waals surface area contributed by atoms with Crippen LogP contribution in [-0.4, -0.2) is 25.1 Å². The van der Waals surface area contributed by atoms with Crippen molar-refractivity contribution >= 4 is 0 Å². The molecule has 0 unspecified atom stereocenters. The number of hydrogen-bond acceptors (Lipinski definition) is 3. The molecule has 0 spiro atoms. The van der Waals surface area contributed by atoms with Crippen LogP contribution < -0.4 is 5.73 Å². The average molecular weight is 114 g/mol. The van der Waals surface area contributed by atoms with Gasteiger partial charge in [-0.25, -0.2) is 0 Å². The summed E-state index contributed by atoms with van der Waals surface area (Å²) in [6.45, 7) is 1.71. The summed E-state index contributed by atoms with van der Waals surface area (Å²) in [5.41, 5.74) is 5.20. The second kappa shape index (κ2) is 1.94. The summed E-state index contributed by atoms with van der Waals surface area (Å²) in [4.78, 5) is 1.97. The second-order valence-electron chi connectivity index (χ2n) is 1.77. The molecule has 3 heteroatoms. The Bertz CT molecular complexity index is 111. The third-order valence-corrected chi connectivity index (χ3v) is 1.20. The average Bonchev–Trinajstić information content (AvgIpc) is 2.14. The van der Waals surface area contributed by atoms with Gasteiger partial charge in [0.05, 0.1) is 12.7 Å². The molecule has 0 aromatic rings. The summed E-state index contributed by atoms with van der Waals surface area (Å²) in [5, 5.41) is 0. The monoisotopic (exact) mass is 114 g/mol.